The van der Waals surface area contributed by atoms with E-state index in [-0.39, 0.29) is 0 Å². The van der Waals surface area contributed by atoms with E-state index in [1.807, 2.05) is 0 Å². The van der Waals surface area contributed by atoms with E-state index in [2.05, 4.69) is 51.1 Å². The maximum atomic E-state index is 2.51. The third-order valence-electron chi connectivity index (χ3n) is 9.13. The van der Waals surface area contributed by atoms with E-state index >= 15 is 0 Å². The Morgan fingerprint density at radius 3 is 1.28 bits per heavy atom. The highest BCUT2D eigenvalue weighted by atomic mass is 14.1. The van der Waals surface area contributed by atoms with Crippen LogP contribution in [0.3, 0.4) is 0 Å². The van der Waals surface area contributed by atoms with Crippen molar-refractivity contribution in [2.45, 2.75) is 188 Å². The zero-order valence-electron chi connectivity index (χ0n) is 26.8. The lowest BCUT2D eigenvalue weighted by Gasteiger charge is -2.16. The number of benzene rings is 2. The number of aryl methyl sites for hydroxylation is 2. The van der Waals surface area contributed by atoms with E-state index in [0.29, 0.717) is 0 Å². The molecule has 2 aromatic rings. The van der Waals surface area contributed by atoms with Gasteiger partial charge < -0.3 is 0 Å². The summed E-state index contributed by atoms with van der Waals surface area (Å²) in [5.41, 5.74) is 4.86. The second-order valence-corrected chi connectivity index (χ2v) is 12.6. The molecule has 0 amide bonds. The van der Waals surface area contributed by atoms with Crippen LogP contribution in [-0.2, 0) is 12.8 Å². The molecule has 0 N–H and O–H groups in total. The van der Waals surface area contributed by atoms with Gasteiger partial charge in [-0.05, 0) is 60.1 Å². The second-order valence-electron chi connectivity index (χ2n) is 12.6. The van der Waals surface area contributed by atoms with Crippen LogP contribution in [0.4, 0.5) is 0 Å². The van der Waals surface area contributed by atoms with Gasteiger partial charge in [0.1, 0.15) is 0 Å². The van der Waals surface area contributed by atoms with Crippen LogP contribution >= 0.6 is 0 Å². The first-order valence-corrected chi connectivity index (χ1v) is 17.8. The van der Waals surface area contributed by atoms with Crippen LogP contribution in [0.15, 0.2) is 30.3 Å². The lowest BCUT2D eigenvalue weighted by molar-refractivity contribution is 0.543. The molecule has 0 saturated heterocycles. The molecule has 0 aliphatic rings. The highest BCUT2D eigenvalue weighted by Crippen LogP contribution is 2.29. The van der Waals surface area contributed by atoms with Gasteiger partial charge in [-0.25, -0.2) is 0 Å². The van der Waals surface area contributed by atoms with Crippen molar-refractivity contribution in [1.82, 2.24) is 0 Å². The molecular weight excluding hydrogens is 468 g/mol. The van der Waals surface area contributed by atoms with E-state index < -0.39 is 0 Å². The summed E-state index contributed by atoms with van der Waals surface area (Å²) >= 11 is 0. The van der Waals surface area contributed by atoms with Gasteiger partial charge in [-0.1, -0.05) is 185 Å². The molecule has 0 bridgehead atoms. The summed E-state index contributed by atoms with van der Waals surface area (Å²) in [5, 5.41) is 2.97. The maximum Gasteiger partial charge on any atom is -0.0149 e. The van der Waals surface area contributed by atoms with Crippen LogP contribution in [0.1, 0.15) is 185 Å². The summed E-state index contributed by atoms with van der Waals surface area (Å²) in [4.78, 5) is 0. The Hall–Kier alpha value is -1.30. The summed E-state index contributed by atoms with van der Waals surface area (Å²) in [6.45, 7) is 7.03. The Kier molecular flexibility index (Phi) is 20.4. The summed E-state index contributed by atoms with van der Waals surface area (Å²) < 4.78 is 0. The first-order valence-electron chi connectivity index (χ1n) is 17.8. The molecule has 0 aliphatic carbocycles. The van der Waals surface area contributed by atoms with Gasteiger partial charge in [-0.2, -0.15) is 0 Å². The lowest BCUT2D eigenvalue weighted by Crippen LogP contribution is -1.99. The minimum absolute atomic E-state index is 1.26. The number of unbranched alkanes of at least 4 members (excludes halogenated alkanes) is 22. The Morgan fingerprint density at radius 1 is 0.436 bits per heavy atom. The van der Waals surface area contributed by atoms with Gasteiger partial charge in [-0.3, -0.25) is 0 Å². The number of rotatable bonds is 26. The molecule has 0 saturated carbocycles. The zero-order chi connectivity index (χ0) is 27.8. The van der Waals surface area contributed by atoms with E-state index in [9.17, 15) is 0 Å². The summed E-state index contributed by atoms with van der Waals surface area (Å²) in [6, 6.07) is 11.7. The Morgan fingerprint density at radius 2 is 0.821 bits per heavy atom. The van der Waals surface area contributed by atoms with Crippen molar-refractivity contribution in [2.24, 2.45) is 0 Å². The lowest BCUT2D eigenvalue weighted by atomic mass is 9.89. The zero-order valence-corrected chi connectivity index (χ0v) is 26.8. The van der Waals surface area contributed by atoms with Crippen LogP contribution in [-0.4, -0.2) is 0 Å². The number of hydrogen-bond acceptors (Lipinski definition) is 0. The molecule has 39 heavy (non-hydrogen) atoms. The minimum Gasteiger partial charge on any atom is -0.0654 e. The van der Waals surface area contributed by atoms with Crippen molar-refractivity contribution < 1.29 is 0 Å². The molecular formula is C39H66. The Bertz CT molecular complexity index is 831. The molecule has 0 radical (unpaired) electrons. The maximum absolute atomic E-state index is 2.51. The van der Waals surface area contributed by atoms with Crippen LogP contribution in [0.5, 0.6) is 0 Å². The smallest absolute Gasteiger partial charge is 0.0149 e. The normalized spacial score (nSPS) is 11.6. The molecule has 0 aromatic heterocycles. The molecule has 2 rings (SSSR count). The highest BCUT2D eigenvalue weighted by Gasteiger charge is 2.10. The molecule has 0 atom stereocenters. The summed E-state index contributed by atoms with van der Waals surface area (Å²) in [6.07, 6.45) is 36.8. The quantitative estimate of drug-likeness (QED) is 0.105. The van der Waals surface area contributed by atoms with Crippen molar-refractivity contribution in [3.05, 3.63) is 47.0 Å². The topological polar surface area (TPSA) is 0 Å². The molecule has 2 aromatic carbocycles. The fourth-order valence-corrected chi connectivity index (χ4v) is 6.47. The van der Waals surface area contributed by atoms with Crippen LogP contribution in [0, 0.1) is 6.92 Å². The average molecular weight is 535 g/mol. The molecule has 0 heterocycles. The number of fused-ring (bicyclic) bond motifs is 1. The average Bonchev–Trinajstić information content (AvgIpc) is 2.95. The van der Waals surface area contributed by atoms with E-state index in [1.165, 1.54) is 178 Å². The van der Waals surface area contributed by atoms with Gasteiger partial charge in [0, 0.05) is 0 Å². The van der Waals surface area contributed by atoms with Gasteiger partial charge >= 0.3 is 0 Å². The monoisotopic (exact) mass is 535 g/mol. The van der Waals surface area contributed by atoms with E-state index in [4.69, 9.17) is 0 Å². The summed E-state index contributed by atoms with van der Waals surface area (Å²) in [7, 11) is 0. The third kappa shape index (κ3) is 15.3. The Balaban J connectivity index is 1.64. The van der Waals surface area contributed by atoms with Crippen molar-refractivity contribution >= 4 is 10.8 Å². The van der Waals surface area contributed by atoms with Crippen LogP contribution in [0.2, 0.25) is 0 Å². The van der Waals surface area contributed by atoms with Gasteiger partial charge in [0.25, 0.3) is 0 Å². The summed E-state index contributed by atoms with van der Waals surface area (Å²) in [5.74, 6) is 0. The Labute approximate surface area is 245 Å². The van der Waals surface area contributed by atoms with Gasteiger partial charge in [0.15, 0.2) is 0 Å². The largest absolute Gasteiger partial charge is 0.0654 e. The minimum atomic E-state index is 1.26. The van der Waals surface area contributed by atoms with Crippen molar-refractivity contribution in [2.75, 3.05) is 0 Å². The van der Waals surface area contributed by atoms with Crippen LogP contribution < -0.4 is 0 Å². The van der Waals surface area contributed by atoms with Gasteiger partial charge in [0.05, 0.1) is 0 Å². The third-order valence-corrected chi connectivity index (χ3v) is 9.13. The fraction of sp³-hybridized carbons (Fsp3) is 0.744. The van der Waals surface area contributed by atoms with Gasteiger partial charge in [-0.15, -0.1) is 0 Å². The molecule has 0 aliphatic heterocycles. The molecule has 0 unspecified atom stereocenters. The van der Waals surface area contributed by atoms with Crippen molar-refractivity contribution in [1.29, 1.82) is 0 Å². The molecule has 0 heteroatoms. The van der Waals surface area contributed by atoms with Gasteiger partial charge in [0.2, 0.25) is 0 Å². The van der Waals surface area contributed by atoms with Crippen molar-refractivity contribution in [3.8, 4) is 0 Å². The molecule has 0 nitrogen and oxygen atoms in total. The predicted octanol–water partition coefficient (Wildman–Crippen LogP) is 13.6. The second kappa shape index (κ2) is 23.4. The molecule has 0 spiro atoms. The first kappa shape index (κ1) is 33.9. The fourth-order valence-electron chi connectivity index (χ4n) is 6.47. The molecule has 222 valence electrons. The van der Waals surface area contributed by atoms with Crippen LogP contribution in [0.25, 0.3) is 10.8 Å². The SMILES string of the molecule is CCCCCCCCCCCCCCc1cc2ccccc2c(CCCCCCCCCCCCCC)c1C. The first-order chi connectivity index (χ1) is 19.3. The highest BCUT2D eigenvalue weighted by molar-refractivity contribution is 5.87. The van der Waals surface area contributed by atoms with Crippen molar-refractivity contribution in [3.63, 3.8) is 0 Å². The molecule has 0 fully saturated rings. The number of hydrogen-bond donors (Lipinski definition) is 0. The van der Waals surface area contributed by atoms with E-state index in [0.717, 1.165) is 0 Å². The predicted molar refractivity (Wildman–Crippen MR) is 178 cm³/mol. The standard InChI is InChI=1S/C39H66/c1-4-6-8-10-12-14-16-18-20-22-24-26-30-36-34-37-31-28-29-33-39(37)38(35(36)3)32-27-25-23-21-19-17-15-13-11-9-7-5-2/h28-29,31,33-34H,4-27,30,32H2,1-3H3. The van der Waals surface area contributed by atoms with E-state index in [1.54, 1.807) is 16.7 Å².